The first-order valence-corrected chi connectivity index (χ1v) is 9.34. The lowest BCUT2D eigenvalue weighted by Crippen LogP contribution is -2.13. The third-order valence-corrected chi connectivity index (χ3v) is 5.91. The molecular weight excluding hydrogens is 313 g/mol. The van der Waals surface area contributed by atoms with Gasteiger partial charge in [-0.25, -0.2) is 4.39 Å². The Balaban J connectivity index is 2.03. The summed E-state index contributed by atoms with van der Waals surface area (Å²) in [5.74, 6) is 0.269. The molecule has 0 aliphatic carbocycles. The first kappa shape index (κ1) is 16.4. The van der Waals surface area contributed by atoms with Crippen LogP contribution in [0.3, 0.4) is 0 Å². The van der Waals surface area contributed by atoms with Crippen LogP contribution in [0.5, 0.6) is 5.75 Å². The second-order valence-corrected chi connectivity index (χ2v) is 7.36. The van der Waals surface area contributed by atoms with E-state index in [1.165, 1.54) is 33.5 Å². The van der Waals surface area contributed by atoms with E-state index in [2.05, 4.69) is 38.8 Å². The van der Waals surface area contributed by atoms with Crippen molar-refractivity contribution in [1.82, 2.24) is 0 Å². The molecule has 0 saturated heterocycles. The molecule has 0 fully saturated rings. The van der Waals surface area contributed by atoms with Crippen molar-refractivity contribution in [3.05, 3.63) is 45.8 Å². The van der Waals surface area contributed by atoms with E-state index in [1.54, 1.807) is 6.07 Å². The molecule has 0 unspecified atom stereocenters. The summed E-state index contributed by atoms with van der Waals surface area (Å²) >= 11 is 0. The summed E-state index contributed by atoms with van der Waals surface area (Å²) in [6.45, 7) is 8.17. The number of aryl methyl sites for hydroxylation is 1. The molecule has 2 nitrogen and oxygen atoms in total. The monoisotopic (exact) mass is 339 g/mol. The third kappa shape index (κ3) is 2.44. The predicted molar refractivity (Wildman–Crippen MR) is 101 cm³/mol. The van der Waals surface area contributed by atoms with Crippen LogP contribution in [0.25, 0.3) is 11.1 Å². The molecule has 25 heavy (non-hydrogen) atoms. The molecule has 0 amide bonds. The number of ether oxygens (including phenoxy) is 1. The van der Waals surface area contributed by atoms with Gasteiger partial charge in [0.1, 0.15) is 0 Å². The summed E-state index contributed by atoms with van der Waals surface area (Å²) in [4.78, 5) is 2.32. The highest BCUT2D eigenvalue weighted by molar-refractivity contribution is 5.83. The maximum Gasteiger partial charge on any atom is 0.165 e. The highest BCUT2D eigenvalue weighted by Gasteiger charge is 2.27. The summed E-state index contributed by atoms with van der Waals surface area (Å²) in [7, 11) is 2.15. The van der Waals surface area contributed by atoms with Gasteiger partial charge >= 0.3 is 0 Å². The van der Waals surface area contributed by atoms with E-state index in [-0.39, 0.29) is 5.82 Å². The van der Waals surface area contributed by atoms with Gasteiger partial charge in [-0.05, 0) is 85.0 Å². The minimum Gasteiger partial charge on any atom is -0.490 e. The van der Waals surface area contributed by atoms with Crippen LogP contribution in [0, 0.1) is 19.7 Å². The van der Waals surface area contributed by atoms with E-state index in [0.29, 0.717) is 12.4 Å². The second-order valence-electron chi connectivity index (χ2n) is 7.36. The van der Waals surface area contributed by atoms with Gasteiger partial charge in [-0.15, -0.1) is 0 Å². The van der Waals surface area contributed by atoms with Gasteiger partial charge in [-0.3, -0.25) is 0 Å². The fourth-order valence-electron chi connectivity index (χ4n) is 4.58. The van der Waals surface area contributed by atoms with Gasteiger partial charge in [0.05, 0.1) is 6.61 Å². The fourth-order valence-corrected chi connectivity index (χ4v) is 4.58. The molecule has 2 aromatic rings. The average Bonchev–Trinajstić information content (AvgIpc) is 2.98. The number of anilines is 1. The molecule has 0 atom stereocenters. The van der Waals surface area contributed by atoms with Crippen LogP contribution in [0.15, 0.2) is 12.1 Å². The molecule has 0 aromatic heterocycles. The fraction of sp³-hybridized carbons (Fsp3) is 0.455. The Labute approximate surface area is 149 Å². The molecule has 2 heterocycles. The molecule has 132 valence electrons. The van der Waals surface area contributed by atoms with Gasteiger partial charge < -0.3 is 9.64 Å². The summed E-state index contributed by atoms with van der Waals surface area (Å²) in [6, 6.07) is 4.02. The van der Waals surface area contributed by atoms with Crippen LogP contribution in [-0.4, -0.2) is 20.2 Å². The zero-order valence-corrected chi connectivity index (χ0v) is 15.6. The first-order valence-electron chi connectivity index (χ1n) is 9.34. The number of halogens is 1. The molecule has 0 radical (unpaired) electrons. The molecular formula is C22H26FNO. The van der Waals surface area contributed by atoms with E-state index >= 15 is 0 Å². The maximum atomic E-state index is 14.8. The quantitative estimate of drug-likeness (QED) is 0.764. The zero-order chi connectivity index (χ0) is 17.7. The van der Waals surface area contributed by atoms with Crippen LogP contribution in [0.4, 0.5) is 10.1 Å². The molecule has 2 aliphatic rings. The zero-order valence-electron chi connectivity index (χ0n) is 15.6. The summed E-state index contributed by atoms with van der Waals surface area (Å²) in [6.07, 6.45) is 3.86. The van der Waals surface area contributed by atoms with E-state index in [9.17, 15) is 4.39 Å². The van der Waals surface area contributed by atoms with Crippen molar-refractivity contribution < 1.29 is 9.13 Å². The van der Waals surface area contributed by atoms with Crippen molar-refractivity contribution in [1.29, 1.82) is 0 Å². The van der Waals surface area contributed by atoms with Crippen molar-refractivity contribution in [2.45, 2.75) is 46.5 Å². The lowest BCUT2D eigenvalue weighted by molar-refractivity contribution is 0.273. The number of hydrogen-bond acceptors (Lipinski definition) is 2. The molecule has 0 saturated carbocycles. The SMILES string of the molecule is CCc1c(C)cc2c(c1-c1cc(F)c3c(c1C)CCCO3)CCN2C. The molecule has 0 spiro atoms. The Morgan fingerprint density at radius 3 is 2.72 bits per heavy atom. The van der Waals surface area contributed by atoms with Crippen molar-refractivity contribution in [2.75, 3.05) is 25.1 Å². The molecule has 0 N–H and O–H groups in total. The smallest absolute Gasteiger partial charge is 0.165 e. The predicted octanol–water partition coefficient (Wildman–Crippen LogP) is 4.99. The Bertz CT molecular complexity index is 856. The van der Waals surface area contributed by atoms with Crippen LogP contribution < -0.4 is 9.64 Å². The minimum atomic E-state index is -0.209. The van der Waals surface area contributed by atoms with Gasteiger partial charge in [-0.2, -0.15) is 0 Å². The van der Waals surface area contributed by atoms with Gasteiger partial charge in [-0.1, -0.05) is 6.92 Å². The van der Waals surface area contributed by atoms with Crippen molar-refractivity contribution in [3.8, 4) is 16.9 Å². The lowest BCUT2D eigenvalue weighted by Gasteiger charge is -2.25. The topological polar surface area (TPSA) is 12.5 Å². The Hall–Kier alpha value is -2.03. The normalized spacial score (nSPS) is 15.8. The van der Waals surface area contributed by atoms with E-state index in [0.717, 1.165) is 43.4 Å². The van der Waals surface area contributed by atoms with Crippen LogP contribution >= 0.6 is 0 Å². The van der Waals surface area contributed by atoms with Crippen LogP contribution in [-0.2, 0) is 19.3 Å². The van der Waals surface area contributed by atoms with E-state index in [4.69, 9.17) is 4.74 Å². The summed E-state index contributed by atoms with van der Waals surface area (Å²) in [5, 5.41) is 0. The highest BCUT2D eigenvalue weighted by atomic mass is 19.1. The van der Waals surface area contributed by atoms with Crippen molar-refractivity contribution in [2.24, 2.45) is 0 Å². The third-order valence-electron chi connectivity index (χ3n) is 5.91. The maximum absolute atomic E-state index is 14.8. The first-order chi connectivity index (χ1) is 12.0. The van der Waals surface area contributed by atoms with Crippen LogP contribution in [0.1, 0.15) is 41.2 Å². The molecule has 4 rings (SSSR count). The molecule has 2 aliphatic heterocycles. The van der Waals surface area contributed by atoms with Crippen molar-refractivity contribution >= 4 is 5.69 Å². The summed E-state index contributed by atoms with van der Waals surface area (Å²) < 4.78 is 20.5. The van der Waals surface area contributed by atoms with E-state index in [1.807, 2.05) is 0 Å². The Morgan fingerprint density at radius 2 is 1.96 bits per heavy atom. The Morgan fingerprint density at radius 1 is 1.16 bits per heavy atom. The van der Waals surface area contributed by atoms with Gasteiger partial charge in [0, 0.05) is 24.8 Å². The summed E-state index contributed by atoms with van der Waals surface area (Å²) in [5.41, 5.74) is 9.92. The molecule has 0 bridgehead atoms. The highest BCUT2D eigenvalue weighted by Crippen LogP contribution is 2.44. The largest absolute Gasteiger partial charge is 0.490 e. The number of likely N-dealkylation sites (N-methyl/N-ethyl adjacent to an activating group) is 1. The number of fused-ring (bicyclic) bond motifs is 2. The standard InChI is InChI=1S/C22H26FNO/c1-5-15-13(2)11-20-17(8-9-24(20)4)21(15)18-12-19(23)22-16(14(18)3)7-6-10-25-22/h11-12H,5-10H2,1-4H3. The minimum absolute atomic E-state index is 0.209. The number of benzene rings is 2. The van der Waals surface area contributed by atoms with Crippen molar-refractivity contribution in [3.63, 3.8) is 0 Å². The molecule has 2 aromatic carbocycles. The number of hydrogen-bond donors (Lipinski definition) is 0. The number of rotatable bonds is 2. The Kier molecular flexibility index (Phi) is 3.98. The number of nitrogens with zero attached hydrogens (tertiary/aromatic N) is 1. The van der Waals surface area contributed by atoms with Crippen LogP contribution in [0.2, 0.25) is 0 Å². The second kappa shape index (κ2) is 6.05. The van der Waals surface area contributed by atoms with Gasteiger partial charge in [0.2, 0.25) is 0 Å². The lowest BCUT2D eigenvalue weighted by atomic mass is 9.84. The molecule has 3 heteroatoms. The van der Waals surface area contributed by atoms with Gasteiger partial charge in [0.15, 0.2) is 11.6 Å². The van der Waals surface area contributed by atoms with E-state index < -0.39 is 0 Å². The average molecular weight is 339 g/mol. The van der Waals surface area contributed by atoms with Gasteiger partial charge in [0.25, 0.3) is 0 Å².